The van der Waals surface area contributed by atoms with E-state index >= 15 is 0 Å². The Hall–Kier alpha value is -2.11. The van der Waals surface area contributed by atoms with Gasteiger partial charge >= 0.3 is 0 Å². The van der Waals surface area contributed by atoms with E-state index in [-0.39, 0.29) is 11.4 Å². The largest absolute Gasteiger partial charge is 0.409 e. The van der Waals surface area contributed by atoms with Crippen LogP contribution >= 0.6 is 0 Å². The maximum absolute atomic E-state index is 13.3. The van der Waals surface area contributed by atoms with Crippen molar-refractivity contribution in [1.82, 2.24) is 9.97 Å². The molecular weight excluding hydrogens is 187 g/mol. The number of fused-ring (bicyclic) bond motifs is 1. The molecule has 0 atom stereocenters. The number of aromatic nitrogens is 2. The maximum atomic E-state index is 13.3. The van der Waals surface area contributed by atoms with Crippen LogP contribution in [0.5, 0.6) is 0 Å². The highest BCUT2D eigenvalue weighted by molar-refractivity contribution is 6.06. The highest BCUT2D eigenvalue weighted by Crippen LogP contribution is 2.17. The summed E-state index contributed by atoms with van der Waals surface area (Å²) in [5.74, 6) is -0.861. The molecule has 6 heteroatoms. The van der Waals surface area contributed by atoms with Crippen LogP contribution in [0.1, 0.15) is 5.56 Å². The van der Waals surface area contributed by atoms with Gasteiger partial charge in [0, 0.05) is 0 Å². The van der Waals surface area contributed by atoms with Gasteiger partial charge in [-0.15, -0.1) is 0 Å². The van der Waals surface area contributed by atoms with Gasteiger partial charge in [-0.25, -0.2) is 9.37 Å². The zero-order valence-corrected chi connectivity index (χ0v) is 7.03. The monoisotopic (exact) mass is 194 g/mol. The number of hydrogen-bond donors (Lipinski definition) is 3. The number of nitrogens with one attached hydrogen (secondary N) is 1. The van der Waals surface area contributed by atoms with Crippen molar-refractivity contribution >= 4 is 16.9 Å². The second-order valence-corrected chi connectivity index (χ2v) is 2.71. The second-order valence-electron chi connectivity index (χ2n) is 2.71. The van der Waals surface area contributed by atoms with Crippen LogP contribution in [-0.2, 0) is 0 Å². The Morgan fingerprint density at radius 1 is 1.57 bits per heavy atom. The van der Waals surface area contributed by atoms with Crippen LogP contribution in [0.2, 0.25) is 0 Å². The van der Waals surface area contributed by atoms with Gasteiger partial charge < -0.3 is 15.9 Å². The molecule has 2 rings (SSSR count). The number of aromatic amines is 1. The predicted molar refractivity (Wildman–Crippen MR) is 48.6 cm³/mol. The van der Waals surface area contributed by atoms with Crippen molar-refractivity contribution in [2.45, 2.75) is 0 Å². The number of halogens is 1. The smallest absolute Gasteiger partial charge is 0.175 e. The van der Waals surface area contributed by atoms with E-state index in [1.54, 1.807) is 0 Å². The molecule has 0 aliphatic carbocycles. The molecule has 0 amide bonds. The Bertz CT molecular complexity index is 505. The number of benzene rings is 1. The molecule has 0 aliphatic rings. The van der Waals surface area contributed by atoms with Crippen molar-refractivity contribution in [3.63, 3.8) is 0 Å². The lowest BCUT2D eigenvalue weighted by Gasteiger charge is -2.00. The molecule has 0 saturated carbocycles. The molecule has 1 aromatic heterocycles. The Kier molecular flexibility index (Phi) is 1.81. The molecule has 0 radical (unpaired) electrons. The lowest BCUT2D eigenvalue weighted by Crippen LogP contribution is -2.15. The van der Waals surface area contributed by atoms with E-state index in [0.29, 0.717) is 11.0 Å². The second kappa shape index (κ2) is 2.99. The molecular formula is C8H7FN4O. The van der Waals surface area contributed by atoms with Crippen LogP contribution in [0.25, 0.3) is 11.0 Å². The summed E-state index contributed by atoms with van der Waals surface area (Å²) < 4.78 is 13.3. The summed E-state index contributed by atoms with van der Waals surface area (Å²) in [6, 6.07) is 2.76. The molecule has 0 spiro atoms. The summed E-state index contributed by atoms with van der Waals surface area (Å²) in [5.41, 5.74) is 6.31. The number of H-pyrrole nitrogens is 1. The maximum Gasteiger partial charge on any atom is 0.175 e. The fraction of sp³-hybridized carbons (Fsp3) is 0. The third kappa shape index (κ3) is 1.08. The molecule has 4 N–H and O–H groups in total. The van der Waals surface area contributed by atoms with Crippen molar-refractivity contribution in [1.29, 1.82) is 0 Å². The number of amidine groups is 1. The first-order valence-corrected chi connectivity index (χ1v) is 3.83. The third-order valence-corrected chi connectivity index (χ3v) is 1.90. The van der Waals surface area contributed by atoms with Gasteiger partial charge in [0.15, 0.2) is 5.84 Å². The van der Waals surface area contributed by atoms with Gasteiger partial charge in [-0.2, -0.15) is 0 Å². The fourth-order valence-electron chi connectivity index (χ4n) is 1.28. The normalized spacial score (nSPS) is 12.2. The number of oxime groups is 1. The van der Waals surface area contributed by atoms with Gasteiger partial charge in [0.05, 0.1) is 17.4 Å². The minimum absolute atomic E-state index is 0.00579. The minimum Gasteiger partial charge on any atom is -0.409 e. The summed E-state index contributed by atoms with van der Waals surface area (Å²) in [7, 11) is 0. The third-order valence-electron chi connectivity index (χ3n) is 1.90. The van der Waals surface area contributed by atoms with E-state index in [1.165, 1.54) is 18.5 Å². The number of nitrogens with two attached hydrogens (primary N) is 1. The zero-order valence-electron chi connectivity index (χ0n) is 7.03. The SMILES string of the molecule is N/C(=N\O)c1c(F)ccc2[nH]cnc12. The van der Waals surface area contributed by atoms with E-state index in [0.717, 1.165) is 0 Å². The summed E-state index contributed by atoms with van der Waals surface area (Å²) in [6.07, 6.45) is 1.41. The van der Waals surface area contributed by atoms with Gasteiger partial charge in [0.2, 0.25) is 0 Å². The molecule has 2 aromatic rings. The lowest BCUT2D eigenvalue weighted by atomic mass is 10.1. The summed E-state index contributed by atoms with van der Waals surface area (Å²) in [6.45, 7) is 0. The molecule has 0 aliphatic heterocycles. The van der Waals surface area contributed by atoms with E-state index in [2.05, 4.69) is 15.1 Å². The molecule has 0 saturated heterocycles. The molecule has 1 aromatic carbocycles. The van der Waals surface area contributed by atoms with E-state index in [4.69, 9.17) is 10.9 Å². The molecule has 0 bridgehead atoms. The van der Waals surface area contributed by atoms with Crippen LogP contribution < -0.4 is 5.73 Å². The van der Waals surface area contributed by atoms with Crippen molar-refractivity contribution in [3.8, 4) is 0 Å². The van der Waals surface area contributed by atoms with Gasteiger partial charge in [-0.3, -0.25) is 0 Å². The first-order chi connectivity index (χ1) is 6.74. The van der Waals surface area contributed by atoms with Crippen molar-refractivity contribution in [3.05, 3.63) is 29.8 Å². The highest BCUT2D eigenvalue weighted by atomic mass is 19.1. The van der Waals surface area contributed by atoms with Crippen LogP contribution in [0, 0.1) is 5.82 Å². The number of hydrogen-bond acceptors (Lipinski definition) is 3. The van der Waals surface area contributed by atoms with Crippen molar-refractivity contribution < 1.29 is 9.60 Å². The summed E-state index contributed by atoms with van der Waals surface area (Å²) >= 11 is 0. The van der Waals surface area contributed by atoms with Gasteiger partial charge in [0.1, 0.15) is 11.3 Å². The van der Waals surface area contributed by atoms with Gasteiger partial charge in [0.25, 0.3) is 0 Å². The number of imidazole rings is 1. The van der Waals surface area contributed by atoms with Crippen molar-refractivity contribution in [2.24, 2.45) is 10.9 Å². The standard InChI is InChI=1S/C8H7FN4O/c9-4-1-2-5-7(12-3-11-5)6(4)8(10)13-14/h1-3,14H,(H2,10,13)(H,11,12). The first-order valence-electron chi connectivity index (χ1n) is 3.83. The van der Waals surface area contributed by atoms with E-state index in [9.17, 15) is 4.39 Å². The molecule has 14 heavy (non-hydrogen) atoms. The average molecular weight is 194 g/mol. The van der Waals surface area contributed by atoms with E-state index < -0.39 is 5.82 Å². The summed E-state index contributed by atoms with van der Waals surface area (Å²) in [4.78, 5) is 6.68. The van der Waals surface area contributed by atoms with Crippen LogP contribution in [0.4, 0.5) is 4.39 Å². The molecule has 5 nitrogen and oxygen atoms in total. The summed E-state index contributed by atoms with van der Waals surface area (Å²) in [5, 5.41) is 11.2. The van der Waals surface area contributed by atoms with Crippen LogP contribution in [0.15, 0.2) is 23.6 Å². The van der Waals surface area contributed by atoms with Gasteiger partial charge in [-0.1, -0.05) is 5.16 Å². The Balaban J connectivity index is 2.83. The van der Waals surface area contributed by atoms with Crippen LogP contribution in [-0.4, -0.2) is 21.0 Å². The highest BCUT2D eigenvalue weighted by Gasteiger charge is 2.13. The molecule has 1 heterocycles. The molecule has 0 unspecified atom stereocenters. The first kappa shape index (κ1) is 8.49. The van der Waals surface area contributed by atoms with Crippen molar-refractivity contribution in [2.75, 3.05) is 0 Å². The zero-order chi connectivity index (χ0) is 10.1. The molecule has 72 valence electrons. The Labute approximate surface area is 78.1 Å². The fourth-order valence-corrected chi connectivity index (χ4v) is 1.28. The van der Waals surface area contributed by atoms with E-state index in [1.807, 2.05) is 0 Å². The average Bonchev–Trinajstić information content (AvgIpc) is 2.64. The number of rotatable bonds is 1. The number of nitrogens with zero attached hydrogens (tertiary/aromatic N) is 2. The minimum atomic E-state index is -0.570. The molecule has 0 fully saturated rings. The van der Waals surface area contributed by atoms with Crippen LogP contribution in [0.3, 0.4) is 0 Å². The quantitative estimate of drug-likeness (QED) is 0.271. The lowest BCUT2D eigenvalue weighted by molar-refractivity contribution is 0.318. The Morgan fingerprint density at radius 2 is 2.36 bits per heavy atom. The van der Waals surface area contributed by atoms with Gasteiger partial charge in [-0.05, 0) is 12.1 Å². The predicted octanol–water partition coefficient (Wildman–Crippen LogP) is 0.797. The Morgan fingerprint density at radius 3 is 3.07 bits per heavy atom. The topological polar surface area (TPSA) is 87.3 Å².